The molecule has 0 radical (unpaired) electrons. The zero-order valence-corrected chi connectivity index (χ0v) is 7.98. The summed E-state index contributed by atoms with van der Waals surface area (Å²) in [5.41, 5.74) is 2.31. The normalized spacial score (nSPS) is 27.2. The SMILES string of the molecule is Cc1cc(C2(C)CO2)ccc1Cl. The third kappa shape index (κ3) is 1.23. The molecule has 0 N–H and O–H groups in total. The Kier molecular flexibility index (Phi) is 1.67. The Labute approximate surface area is 77.3 Å². The lowest BCUT2D eigenvalue weighted by Crippen LogP contribution is -2.01. The minimum atomic E-state index is -0.0324. The summed E-state index contributed by atoms with van der Waals surface area (Å²) in [5, 5.41) is 0.822. The number of benzene rings is 1. The predicted octanol–water partition coefficient (Wildman–Crippen LogP) is 2.89. The van der Waals surface area contributed by atoms with E-state index in [-0.39, 0.29) is 5.60 Å². The van der Waals surface area contributed by atoms with Gasteiger partial charge in [-0.1, -0.05) is 23.7 Å². The Morgan fingerprint density at radius 1 is 1.50 bits per heavy atom. The molecule has 12 heavy (non-hydrogen) atoms. The largest absolute Gasteiger partial charge is 0.365 e. The van der Waals surface area contributed by atoms with Crippen molar-refractivity contribution < 1.29 is 4.74 Å². The maximum atomic E-state index is 5.91. The van der Waals surface area contributed by atoms with Crippen molar-refractivity contribution in [2.24, 2.45) is 0 Å². The van der Waals surface area contributed by atoms with Crippen LogP contribution in [0.15, 0.2) is 18.2 Å². The van der Waals surface area contributed by atoms with Gasteiger partial charge in [-0.15, -0.1) is 0 Å². The highest BCUT2D eigenvalue weighted by molar-refractivity contribution is 6.31. The van der Waals surface area contributed by atoms with Crippen molar-refractivity contribution in [1.29, 1.82) is 0 Å². The van der Waals surface area contributed by atoms with Crippen molar-refractivity contribution >= 4 is 11.6 Å². The molecule has 0 aromatic heterocycles. The molecule has 64 valence electrons. The summed E-state index contributed by atoms with van der Waals surface area (Å²) < 4.78 is 5.33. The summed E-state index contributed by atoms with van der Waals surface area (Å²) in [6.45, 7) is 4.93. The molecule has 1 nitrogen and oxygen atoms in total. The fourth-order valence-electron chi connectivity index (χ4n) is 1.25. The summed E-state index contributed by atoms with van der Waals surface area (Å²) in [6.07, 6.45) is 0. The predicted molar refractivity (Wildman–Crippen MR) is 49.5 cm³/mol. The number of hydrogen-bond donors (Lipinski definition) is 0. The van der Waals surface area contributed by atoms with Crippen LogP contribution in [0.5, 0.6) is 0 Å². The highest BCUT2D eigenvalue weighted by Gasteiger charge is 2.41. The lowest BCUT2D eigenvalue weighted by Gasteiger charge is -2.06. The van der Waals surface area contributed by atoms with Crippen LogP contribution in [0.2, 0.25) is 5.02 Å². The quantitative estimate of drug-likeness (QED) is 0.609. The number of aryl methyl sites for hydroxylation is 1. The molecule has 1 saturated heterocycles. The maximum absolute atomic E-state index is 5.91. The molecule has 1 unspecified atom stereocenters. The van der Waals surface area contributed by atoms with E-state index in [1.165, 1.54) is 5.56 Å². The van der Waals surface area contributed by atoms with E-state index in [2.05, 4.69) is 13.0 Å². The first-order valence-electron chi connectivity index (χ1n) is 4.02. The fourth-order valence-corrected chi connectivity index (χ4v) is 1.37. The van der Waals surface area contributed by atoms with Gasteiger partial charge in [-0.2, -0.15) is 0 Å². The molecule has 1 atom stereocenters. The second kappa shape index (κ2) is 2.48. The maximum Gasteiger partial charge on any atom is 0.114 e. The molecule has 2 rings (SSSR count). The molecule has 0 bridgehead atoms. The van der Waals surface area contributed by atoms with Crippen LogP contribution in [0, 0.1) is 6.92 Å². The van der Waals surface area contributed by atoms with Crippen LogP contribution in [-0.2, 0) is 10.3 Å². The summed E-state index contributed by atoms with van der Waals surface area (Å²) in [6, 6.07) is 6.05. The van der Waals surface area contributed by atoms with Crippen molar-refractivity contribution in [1.82, 2.24) is 0 Å². The number of epoxide rings is 1. The molecule has 1 aliphatic rings. The minimum Gasteiger partial charge on any atom is -0.365 e. The van der Waals surface area contributed by atoms with Gasteiger partial charge in [0.05, 0.1) is 6.61 Å². The van der Waals surface area contributed by atoms with Gasteiger partial charge in [0.2, 0.25) is 0 Å². The van der Waals surface area contributed by atoms with E-state index >= 15 is 0 Å². The summed E-state index contributed by atoms with van der Waals surface area (Å²) in [4.78, 5) is 0. The van der Waals surface area contributed by atoms with Gasteiger partial charge in [0.25, 0.3) is 0 Å². The van der Waals surface area contributed by atoms with Gasteiger partial charge in [-0.05, 0) is 31.0 Å². The summed E-state index contributed by atoms with van der Waals surface area (Å²) >= 11 is 5.91. The Bertz CT molecular complexity index is 316. The third-order valence-electron chi connectivity index (χ3n) is 2.35. The summed E-state index contributed by atoms with van der Waals surface area (Å²) in [7, 11) is 0. The van der Waals surface area contributed by atoms with E-state index in [0.717, 1.165) is 17.2 Å². The molecule has 0 saturated carbocycles. The van der Waals surface area contributed by atoms with Gasteiger partial charge in [0.15, 0.2) is 0 Å². The van der Waals surface area contributed by atoms with Crippen molar-refractivity contribution in [3.8, 4) is 0 Å². The van der Waals surface area contributed by atoms with Crippen LogP contribution < -0.4 is 0 Å². The Morgan fingerprint density at radius 2 is 2.17 bits per heavy atom. The smallest absolute Gasteiger partial charge is 0.114 e. The van der Waals surface area contributed by atoms with E-state index in [1.54, 1.807) is 0 Å². The van der Waals surface area contributed by atoms with Crippen molar-refractivity contribution in [2.75, 3.05) is 6.61 Å². The molecule has 1 aliphatic heterocycles. The number of halogens is 1. The van der Waals surface area contributed by atoms with Crippen LogP contribution in [0.25, 0.3) is 0 Å². The van der Waals surface area contributed by atoms with Gasteiger partial charge in [0.1, 0.15) is 5.60 Å². The number of hydrogen-bond acceptors (Lipinski definition) is 1. The van der Waals surface area contributed by atoms with Gasteiger partial charge in [-0.25, -0.2) is 0 Å². The van der Waals surface area contributed by atoms with Crippen molar-refractivity contribution in [3.63, 3.8) is 0 Å². The lowest BCUT2D eigenvalue weighted by molar-refractivity contribution is 0.329. The molecule has 0 spiro atoms. The van der Waals surface area contributed by atoms with Gasteiger partial charge < -0.3 is 4.74 Å². The number of rotatable bonds is 1. The van der Waals surface area contributed by atoms with Crippen molar-refractivity contribution in [2.45, 2.75) is 19.4 Å². The zero-order valence-electron chi connectivity index (χ0n) is 7.23. The van der Waals surface area contributed by atoms with Gasteiger partial charge in [-0.3, -0.25) is 0 Å². The summed E-state index contributed by atoms with van der Waals surface area (Å²) in [5.74, 6) is 0. The van der Waals surface area contributed by atoms with Crippen LogP contribution in [-0.4, -0.2) is 6.61 Å². The van der Waals surface area contributed by atoms with Gasteiger partial charge >= 0.3 is 0 Å². The molecule has 1 heterocycles. The Balaban J connectivity index is 2.41. The third-order valence-corrected chi connectivity index (χ3v) is 2.77. The molecule has 1 aromatic rings. The van der Waals surface area contributed by atoms with Crippen LogP contribution in [0.3, 0.4) is 0 Å². The van der Waals surface area contributed by atoms with E-state index in [0.29, 0.717) is 0 Å². The standard InChI is InChI=1S/C10H11ClO/c1-7-5-8(3-4-9(7)11)10(2)6-12-10/h3-5H,6H2,1-2H3. The Hall–Kier alpha value is -0.530. The second-order valence-corrected chi connectivity index (χ2v) is 3.89. The van der Waals surface area contributed by atoms with E-state index in [4.69, 9.17) is 16.3 Å². The zero-order chi connectivity index (χ0) is 8.77. The first-order chi connectivity index (χ1) is 5.62. The monoisotopic (exact) mass is 182 g/mol. The molecular weight excluding hydrogens is 172 g/mol. The molecule has 0 aliphatic carbocycles. The topological polar surface area (TPSA) is 12.5 Å². The number of ether oxygens (including phenoxy) is 1. The highest BCUT2D eigenvalue weighted by atomic mass is 35.5. The van der Waals surface area contributed by atoms with E-state index in [9.17, 15) is 0 Å². The van der Waals surface area contributed by atoms with Crippen LogP contribution in [0.4, 0.5) is 0 Å². The Morgan fingerprint density at radius 3 is 2.67 bits per heavy atom. The van der Waals surface area contributed by atoms with Crippen molar-refractivity contribution in [3.05, 3.63) is 34.3 Å². The van der Waals surface area contributed by atoms with Gasteiger partial charge in [0, 0.05) is 5.02 Å². The molecule has 1 aromatic carbocycles. The van der Waals surface area contributed by atoms with Crippen LogP contribution >= 0.6 is 11.6 Å². The highest BCUT2D eigenvalue weighted by Crippen LogP contribution is 2.38. The average Bonchev–Trinajstić information content (AvgIpc) is 2.75. The van der Waals surface area contributed by atoms with E-state index in [1.807, 2.05) is 19.1 Å². The average molecular weight is 183 g/mol. The second-order valence-electron chi connectivity index (χ2n) is 3.48. The molecule has 2 heteroatoms. The molecular formula is C10H11ClO. The fraction of sp³-hybridized carbons (Fsp3) is 0.400. The molecule has 0 amide bonds. The van der Waals surface area contributed by atoms with E-state index < -0.39 is 0 Å². The molecule has 1 fully saturated rings. The van der Waals surface area contributed by atoms with Crippen LogP contribution in [0.1, 0.15) is 18.1 Å². The first kappa shape index (κ1) is 8.09. The lowest BCUT2D eigenvalue weighted by atomic mass is 10.0. The minimum absolute atomic E-state index is 0.0324. The first-order valence-corrected chi connectivity index (χ1v) is 4.40.